The molecule has 0 rings (SSSR count). The van der Waals surface area contributed by atoms with Crippen LogP contribution in [0.3, 0.4) is 0 Å². The second kappa shape index (κ2) is 8.93. The normalized spacial score (nSPS) is 11.0. The van der Waals surface area contributed by atoms with E-state index in [1.165, 1.54) is 0 Å². The van der Waals surface area contributed by atoms with E-state index in [1.54, 1.807) is 7.11 Å². The SMILES string of the molecule is COCCCN(CCO)CCO. The first-order valence-corrected chi connectivity index (χ1v) is 4.28. The molecule has 0 bridgehead atoms. The van der Waals surface area contributed by atoms with Gasteiger partial charge in [0, 0.05) is 33.4 Å². The molecule has 0 atom stereocenters. The van der Waals surface area contributed by atoms with E-state index in [0.29, 0.717) is 13.1 Å². The molecular formula is C8H19NO3. The summed E-state index contributed by atoms with van der Waals surface area (Å²) in [6.45, 7) is 3.15. The zero-order valence-corrected chi connectivity index (χ0v) is 7.70. The Morgan fingerprint density at radius 3 is 2.08 bits per heavy atom. The van der Waals surface area contributed by atoms with Crippen molar-refractivity contribution in [3.63, 3.8) is 0 Å². The van der Waals surface area contributed by atoms with Gasteiger partial charge in [0.2, 0.25) is 0 Å². The van der Waals surface area contributed by atoms with Crippen LogP contribution in [0.1, 0.15) is 6.42 Å². The highest BCUT2D eigenvalue weighted by molar-refractivity contribution is 4.55. The van der Waals surface area contributed by atoms with Crippen molar-refractivity contribution in [2.45, 2.75) is 6.42 Å². The van der Waals surface area contributed by atoms with Crippen molar-refractivity contribution in [1.82, 2.24) is 4.90 Å². The Bertz CT molecular complexity index is 84.4. The second-order valence-corrected chi connectivity index (χ2v) is 2.64. The van der Waals surface area contributed by atoms with Crippen LogP contribution >= 0.6 is 0 Å². The zero-order valence-electron chi connectivity index (χ0n) is 7.70. The smallest absolute Gasteiger partial charge is 0.0558 e. The van der Waals surface area contributed by atoms with Gasteiger partial charge in [-0.05, 0) is 6.42 Å². The van der Waals surface area contributed by atoms with Crippen molar-refractivity contribution < 1.29 is 14.9 Å². The highest BCUT2D eigenvalue weighted by Gasteiger charge is 2.01. The Hall–Kier alpha value is -0.160. The molecule has 0 amide bonds. The lowest BCUT2D eigenvalue weighted by Crippen LogP contribution is -2.31. The molecule has 0 fully saturated rings. The van der Waals surface area contributed by atoms with Crippen molar-refractivity contribution in [2.24, 2.45) is 0 Å². The van der Waals surface area contributed by atoms with Crippen LogP contribution in [-0.2, 0) is 4.74 Å². The van der Waals surface area contributed by atoms with E-state index < -0.39 is 0 Å². The average molecular weight is 177 g/mol. The number of aliphatic hydroxyl groups excluding tert-OH is 2. The Balaban J connectivity index is 3.34. The maximum atomic E-state index is 8.67. The highest BCUT2D eigenvalue weighted by Crippen LogP contribution is 1.90. The first kappa shape index (κ1) is 11.8. The van der Waals surface area contributed by atoms with Gasteiger partial charge in [0.05, 0.1) is 13.2 Å². The maximum absolute atomic E-state index is 8.67. The van der Waals surface area contributed by atoms with Crippen LogP contribution in [0.2, 0.25) is 0 Å². The van der Waals surface area contributed by atoms with Gasteiger partial charge in [0.1, 0.15) is 0 Å². The van der Waals surface area contributed by atoms with E-state index in [-0.39, 0.29) is 13.2 Å². The average Bonchev–Trinajstić information content (AvgIpc) is 2.06. The molecule has 12 heavy (non-hydrogen) atoms. The largest absolute Gasteiger partial charge is 0.395 e. The summed E-state index contributed by atoms with van der Waals surface area (Å²) in [6, 6.07) is 0. The van der Waals surface area contributed by atoms with Gasteiger partial charge < -0.3 is 14.9 Å². The monoisotopic (exact) mass is 177 g/mol. The van der Waals surface area contributed by atoms with Crippen LogP contribution in [0.25, 0.3) is 0 Å². The molecule has 0 aliphatic heterocycles. The van der Waals surface area contributed by atoms with Crippen LogP contribution < -0.4 is 0 Å². The molecule has 0 heterocycles. The Labute approximate surface area is 73.8 Å². The molecule has 0 aromatic heterocycles. The highest BCUT2D eigenvalue weighted by atomic mass is 16.5. The molecule has 0 radical (unpaired) electrons. The van der Waals surface area contributed by atoms with Crippen molar-refractivity contribution in [3.8, 4) is 0 Å². The standard InChI is InChI=1S/C8H19NO3/c1-12-8-2-3-9(4-6-10)5-7-11/h10-11H,2-8H2,1H3. The first-order chi connectivity index (χ1) is 5.85. The number of methoxy groups -OCH3 is 1. The van der Waals surface area contributed by atoms with Gasteiger partial charge in [0.15, 0.2) is 0 Å². The quantitative estimate of drug-likeness (QED) is 0.482. The van der Waals surface area contributed by atoms with E-state index in [0.717, 1.165) is 19.6 Å². The Morgan fingerprint density at radius 2 is 1.67 bits per heavy atom. The molecule has 0 unspecified atom stereocenters. The third-order valence-electron chi connectivity index (χ3n) is 1.66. The van der Waals surface area contributed by atoms with E-state index in [1.807, 2.05) is 4.90 Å². The third kappa shape index (κ3) is 6.54. The van der Waals surface area contributed by atoms with Crippen molar-refractivity contribution in [3.05, 3.63) is 0 Å². The van der Waals surface area contributed by atoms with Gasteiger partial charge in [0.25, 0.3) is 0 Å². The Morgan fingerprint density at radius 1 is 1.08 bits per heavy atom. The van der Waals surface area contributed by atoms with Crippen LogP contribution in [-0.4, -0.2) is 61.7 Å². The minimum absolute atomic E-state index is 0.146. The minimum atomic E-state index is 0.146. The first-order valence-electron chi connectivity index (χ1n) is 4.28. The number of aliphatic hydroxyl groups is 2. The lowest BCUT2D eigenvalue weighted by molar-refractivity contribution is 0.137. The molecule has 4 nitrogen and oxygen atoms in total. The zero-order chi connectivity index (χ0) is 9.23. The molecule has 4 heteroatoms. The summed E-state index contributed by atoms with van der Waals surface area (Å²) in [5.41, 5.74) is 0. The summed E-state index contributed by atoms with van der Waals surface area (Å²) in [5, 5.41) is 17.3. The van der Waals surface area contributed by atoms with Gasteiger partial charge in [-0.2, -0.15) is 0 Å². The number of nitrogens with zero attached hydrogens (tertiary/aromatic N) is 1. The summed E-state index contributed by atoms with van der Waals surface area (Å²) in [7, 11) is 1.67. The summed E-state index contributed by atoms with van der Waals surface area (Å²) in [4.78, 5) is 2.01. The van der Waals surface area contributed by atoms with E-state index in [9.17, 15) is 0 Å². The third-order valence-corrected chi connectivity index (χ3v) is 1.66. The Kier molecular flexibility index (Phi) is 8.81. The number of hydrogen-bond donors (Lipinski definition) is 2. The van der Waals surface area contributed by atoms with Gasteiger partial charge >= 0.3 is 0 Å². The predicted molar refractivity (Wildman–Crippen MR) is 47.1 cm³/mol. The maximum Gasteiger partial charge on any atom is 0.0558 e. The molecular weight excluding hydrogens is 158 g/mol. The fourth-order valence-corrected chi connectivity index (χ4v) is 1.05. The van der Waals surface area contributed by atoms with Gasteiger partial charge in [-0.3, -0.25) is 4.90 Å². The van der Waals surface area contributed by atoms with Crippen LogP contribution in [0.5, 0.6) is 0 Å². The lowest BCUT2D eigenvalue weighted by Gasteiger charge is -2.19. The number of ether oxygens (including phenoxy) is 1. The van der Waals surface area contributed by atoms with E-state index in [2.05, 4.69) is 0 Å². The molecule has 0 aliphatic carbocycles. The van der Waals surface area contributed by atoms with Crippen molar-refractivity contribution >= 4 is 0 Å². The van der Waals surface area contributed by atoms with Gasteiger partial charge in [-0.1, -0.05) is 0 Å². The lowest BCUT2D eigenvalue weighted by atomic mass is 10.4. The molecule has 0 aliphatic rings. The molecule has 0 aromatic carbocycles. The molecule has 0 saturated carbocycles. The predicted octanol–water partition coefficient (Wildman–Crippen LogP) is -0.690. The number of rotatable bonds is 8. The fraction of sp³-hybridized carbons (Fsp3) is 1.00. The van der Waals surface area contributed by atoms with Crippen LogP contribution in [0.4, 0.5) is 0 Å². The number of hydrogen-bond acceptors (Lipinski definition) is 4. The summed E-state index contributed by atoms with van der Waals surface area (Å²) in [5.74, 6) is 0. The van der Waals surface area contributed by atoms with Gasteiger partial charge in [-0.25, -0.2) is 0 Å². The second-order valence-electron chi connectivity index (χ2n) is 2.64. The van der Waals surface area contributed by atoms with Crippen LogP contribution in [0, 0.1) is 0 Å². The molecule has 2 N–H and O–H groups in total. The van der Waals surface area contributed by atoms with Crippen molar-refractivity contribution in [2.75, 3.05) is 46.6 Å². The fourth-order valence-electron chi connectivity index (χ4n) is 1.05. The summed E-state index contributed by atoms with van der Waals surface area (Å²) in [6.07, 6.45) is 0.941. The summed E-state index contributed by atoms with van der Waals surface area (Å²) < 4.78 is 4.90. The van der Waals surface area contributed by atoms with Gasteiger partial charge in [-0.15, -0.1) is 0 Å². The topological polar surface area (TPSA) is 52.9 Å². The summed E-state index contributed by atoms with van der Waals surface area (Å²) >= 11 is 0. The van der Waals surface area contributed by atoms with Crippen LogP contribution in [0.15, 0.2) is 0 Å². The molecule has 0 saturated heterocycles. The molecule has 0 spiro atoms. The van der Waals surface area contributed by atoms with E-state index in [4.69, 9.17) is 14.9 Å². The molecule has 0 aromatic rings. The molecule has 74 valence electrons. The van der Waals surface area contributed by atoms with E-state index >= 15 is 0 Å². The van der Waals surface area contributed by atoms with Crippen molar-refractivity contribution in [1.29, 1.82) is 0 Å². The minimum Gasteiger partial charge on any atom is -0.395 e.